The first-order chi connectivity index (χ1) is 7.49. The molecule has 1 saturated carbocycles. The molecular weight excluding hydrogens is 196 g/mol. The molecule has 96 valence electrons. The molecule has 1 fully saturated rings. The Kier molecular flexibility index (Phi) is 5.26. The van der Waals surface area contributed by atoms with Crippen molar-refractivity contribution in [1.82, 2.24) is 10.2 Å². The van der Waals surface area contributed by atoms with Crippen molar-refractivity contribution in [3.63, 3.8) is 0 Å². The van der Waals surface area contributed by atoms with Gasteiger partial charge < -0.3 is 10.2 Å². The number of nitrogens with zero attached hydrogens (tertiary/aromatic N) is 1. The molecule has 0 amide bonds. The van der Waals surface area contributed by atoms with Crippen LogP contribution >= 0.6 is 0 Å². The van der Waals surface area contributed by atoms with E-state index in [0.717, 1.165) is 5.92 Å². The molecule has 1 aliphatic rings. The Morgan fingerprint density at radius 3 is 2.38 bits per heavy atom. The van der Waals surface area contributed by atoms with Gasteiger partial charge in [0.15, 0.2) is 0 Å². The summed E-state index contributed by atoms with van der Waals surface area (Å²) in [7, 11) is 2.06. The maximum Gasteiger partial charge on any atom is 0.00991 e. The van der Waals surface area contributed by atoms with Gasteiger partial charge >= 0.3 is 0 Å². The number of nitrogens with one attached hydrogen (secondary N) is 1. The summed E-state index contributed by atoms with van der Waals surface area (Å²) in [5.74, 6) is 0.987. The molecular formula is C14H30N2. The van der Waals surface area contributed by atoms with Crippen LogP contribution in [0.4, 0.5) is 0 Å². The van der Waals surface area contributed by atoms with Gasteiger partial charge in [0.2, 0.25) is 0 Å². The fraction of sp³-hybridized carbons (Fsp3) is 1.00. The van der Waals surface area contributed by atoms with Gasteiger partial charge in [-0.15, -0.1) is 0 Å². The highest BCUT2D eigenvalue weighted by Gasteiger charge is 2.28. The van der Waals surface area contributed by atoms with Crippen molar-refractivity contribution in [2.45, 2.75) is 53.0 Å². The molecule has 2 heteroatoms. The average Bonchev–Trinajstić information content (AvgIpc) is 2.19. The minimum atomic E-state index is 0.356. The van der Waals surface area contributed by atoms with Crippen molar-refractivity contribution in [3.05, 3.63) is 0 Å². The zero-order valence-electron chi connectivity index (χ0n) is 11.8. The van der Waals surface area contributed by atoms with Crippen LogP contribution in [0.25, 0.3) is 0 Å². The van der Waals surface area contributed by atoms with Crippen molar-refractivity contribution in [2.75, 3.05) is 26.7 Å². The van der Waals surface area contributed by atoms with E-state index in [1.165, 1.54) is 38.9 Å². The van der Waals surface area contributed by atoms with Crippen LogP contribution in [0.1, 0.15) is 47.0 Å². The molecule has 0 spiro atoms. The Hall–Kier alpha value is -0.0800. The molecule has 0 aliphatic heterocycles. The third-order valence-electron chi connectivity index (χ3n) is 4.42. The van der Waals surface area contributed by atoms with Gasteiger partial charge in [-0.1, -0.05) is 27.2 Å². The van der Waals surface area contributed by atoms with Crippen LogP contribution in [0.2, 0.25) is 0 Å². The van der Waals surface area contributed by atoms with Crippen LogP contribution in [0, 0.1) is 11.3 Å². The molecule has 1 unspecified atom stereocenters. The fourth-order valence-corrected chi connectivity index (χ4v) is 2.45. The maximum absolute atomic E-state index is 3.39. The Morgan fingerprint density at radius 2 is 2.00 bits per heavy atom. The van der Waals surface area contributed by atoms with Gasteiger partial charge in [0.25, 0.3) is 0 Å². The highest BCUT2D eigenvalue weighted by atomic mass is 15.1. The lowest BCUT2D eigenvalue weighted by Gasteiger charge is -2.39. The van der Waals surface area contributed by atoms with E-state index in [-0.39, 0.29) is 0 Å². The van der Waals surface area contributed by atoms with E-state index in [0.29, 0.717) is 11.5 Å². The first kappa shape index (κ1) is 14.0. The van der Waals surface area contributed by atoms with Gasteiger partial charge in [-0.05, 0) is 44.7 Å². The lowest BCUT2D eigenvalue weighted by Crippen LogP contribution is -2.47. The topological polar surface area (TPSA) is 15.3 Å². The van der Waals surface area contributed by atoms with E-state index in [9.17, 15) is 0 Å². The molecule has 0 heterocycles. The monoisotopic (exact) mass is 226 g/mol. The maximum atomic E-state index is 3.39. The normalized spacial score (nSPS) is 19.9. The van der Waals surface area contributed by atoms with Gasteiger partial charge in [-0.2, -0.15) is 0 Å². The minimum Gasteiger partial charge on any atom is -0.317 e. The van der Waals surface area contributed by atoms with Crippen molar-refractivity contribution >= 4 is 0 Å². The quantitative estimate of drug-likeness (QED) is 0.718. The van der Waals surface area contributed by atoms with E-state index in [1.54, 1.807) is 0 Å². The Labute approximate surface area is 102 Å². The van der Waals surface area contributed by atoms with Gasteiger partial charge in [0.05, 0.1) is 0 Å². The van der Waals surface area contributed by atoms with Crippen molar-refractivity contribution in [2.24, 2.45) is 11.3 Å². The second kappa shape index (κ2) is 6.02. The zero-order valence-corrected chi connectivity index (χ0v) is 11.8. The molecule has 0 aromatic heterocycles. The third kappa shape index (κ3) is 3.74. The van der Waals surface area contributed by atoms with Gasteiger partial charge in [0.1, 0.15) is 0 Å². The van der Waals surface area contributed by atoms with E-state index in [4.69, 9.17) is 0 Å². The Bertz CT molecular complexity index is 197. The predicted molar refractivity (Wildman–Crippen MR) is 71.8 cm³/mol. The highest BCUT2D eigenvalue weighted by Crippen LogP contribution is 2.29. The molecule has 0 aromatic carbocycles. The van der Waals surface area contributed by atoms with Crippen LogP contribution in [0.3, 0.4) is 0 Å². The molecule has 0 bridgehead atoms. The first-order valence-corrected chi connectivity index (χ1v) is 6.89. The van der Waals surface area contributed by atoms with Crippen LogP contribution in [-0.2, 0) is 0 Å². The van der Waals surface area contributed by atoms with Crippen molar-refractivity contribution < 1.29 is 0 Å². The summed E-state index contributed by atoms with van der Waals surface area (Å²) in [5, 5.41) is 3.39. The van der Waals surface area contributed by atoms with Gasteiger partial charge in [-0.25, -0.2) is 0 Å². The smallest absolute Gasteiger partial charge is 0.00991 e. The molecule has 16 heavy (non-hydrogen) atoms. The summed E-state index contributed by atoms with van der Waals surface area (Å²) < 4.78 is 0. The summed E-state index contributed by atoms with van der Waals surface area (Å²) in [6.45, 7) is 13.0. The number of hydrogen-bond donors (Lipinski definition) is 1. The molecule has 1 rings (SSSR count). The van der Waals surface area contributed by atoms with Crippen LogP contribution in [0.15, 0.2) is 0 Å². The van der Waals surface area contributed by atoms with Gasteiger partial charge in [-0.3, -0.25) is 0 Å². The number of hydrogen-bond acceptors (Lipinski definition) is 2. The van der Waals surface area contributed by atoms with Gasteiger partial charge in [0, 0.05) is 19.1 Å². The second-order valence-corrected chi connectivity index (χ2v) is 6.12. The van der Waals surface area contributed by atoms with E-state index >= 15 is 0 Å². The summed E-state index contributed by atoms with van der Waals surface area (Å²) in [5.41, 5.74) is 0.356. The Balaban J connectivity index is 2.40. The molecule has 1 N–H and O–H groups in total. The van der Waals surface area contributed by atoms with E-state index in [1.807, 2.05) is 0 Å². The van der Waals surface area contributed by atoms with Crippen LogP contribution in [-0.4, -0.2) is 37.6 Å². The molecule has 0 radical (unpaired) electrons. The van der Waals surface area contributed by atoms with E-state index in [2.05, 4.69) is 45.0 Å². The van der Waals surface area contributed by atoms with E-state index < -0.39 is 0 Å². The van der Waals surface area contributed by atoms with Crippen LogP contribution in [0.5, 0.6) is 0 Å². The minimum absolute atomic E-state index is 0.356. The lowest BCUT2D eigenvalue weighted by atomic mass is 9.82. The SMILES string of the molecule is CCN(CC1CCC1)CC(C)(C)C(C)NC. The first-order valence-electron chi connectivity index (χ1n) is 6.89. The Morgan fingerprint density at radius 1 is 1.38 bits per heavy atom. The zero-order chi connectivity index (χ0) is 12.2. The summed E-state index contributed by atoms with van der Waals surface area (Å²) in [4.78, 5) is 2.64. The summed E-state index contributed by atoms with van der Waals surface area (Å²) in [6, 6.07) is 0.572. The standard InChI is InChI=1S/C14H30N2/c1-6-16(10-13-8-7-9-13)11-14(3,4)12(2)15-5/h12-13,15H,6-11H2,1-5H3. The predicted octanol–water partition coefficient (Wildman–Crippen LogP) is 2.74. The van der Waals surface area contributed by atoms with Crippen LogP contribution < -0.4 is 5.32 Å². The molecule has 1 atom stereocenters. The summed E-state index contributed by atoms with van der Waals surface area (Å²) >= 11 is 0. The molecule has 0 saturated heterocycles. The second-order valence-electron chi connectivity index (χ2n) is 6.12. The highest BCUT2D eigenvalue weighted by molar-refractivity contribution is 4.84. The number of rotatable bonds is 7. The largest absolute Gasteiger partial charge is 0.317 e. The molecule has 2 nitrogen and oxygen atoms in total. The summed E-state index contributed by atoms with van der Waals surface area (Å²) in [6.07, 6.45) is 4.37. The lowest BCUT2D eigenvalue weighted by molar-refractivity contribution is 0.114. The third-order valence-corrected chi connectivity index (χ3v) is 4.42. The molecule has 0 aromatic rings. The van der Waals surface area contributed by atoms with Crippen molar-refractivity contribution in [3.8, 4) is 0 Å². The fourth-order valence-electron chi connectivity index (χ4n) is 2.45. The molecule has 1 aliphatic carbocycles. The van der Waals surface area contributed by atoms with Crippen molar-refractivity contribution in [1.29, 1.82) is 0 Å². The average molecular weight is 226 g/mol.